The molecule has 0 radical (unpaired) electrons. The van der Waals surface area contributed by atoms with E-state index < -0.39 is 0 Å². The van der Waals surface area contributed by atoms with Crippen LogP contribution in [0, 0.1) is 0 Å². The first-order valence-electron chi connectivity index (χ1n) is 27.6. The zero-order chi connectivity index (χ0) is 46.7. The van der Waals surface area contributed by atoms with E-state index in [1.54, 1.807) is 0 Å². The molecule has 3 heterocycles. The maximum atomic E-state index is 12.7. The number of hydrogen-bond donors (Lipinski definition) is 0. The number of benzene rings is 2. The number of oxazole rings is 1. The lowest BCUT2D eigenvalue weighted by molar-refractivity contribution is -0.678. The highest BCUT2D eigenvalue weighted by atomic mass is 16.4. The maximum Gasteiger partial charge on any atom is 0.374 e. The Kier molecular flexibility index (Phi) is 24.5. The second kappa shape index (κ2) is 30.5. The van der Waals surface area contributed by atoms with Gasteiger partial charge in [0.05, 0.1) is 11.8 Å². The minimum absolute atomic E-state index is 0.279. The van der Waals surface area contributed by atoms with Gasteiger partial charge in [-0.05, 0) is 48.7 Å². The van der Waals surface area contributed by atoms with E-state index in [1.807, 2.05) is 6.07 Å². The molecule has 3 aromatic rings. The molecule has 5 rings (SSSR count). The quantitative estimate of drug-likeness (QED) is 0.0329. The van der Waals surface area contributed by atoms with Crippen LogP contribution in [0.25, 0.3) is 17.2 Å². The Bertz CT molecular complexity index is 1930. The number of anilines is 2. The first-order valence-corrected chi connectivity index (χ1v) is 27.6. The Morgan fingerprint density at radius 1 is 0.561 bits per heavy atom. The van der Waals surface area contributed by atoms with Crippen LogP contribution in [0.3, 0.4) is 0 Å². The van der Waals surface area contributed by atoms with Gasteiger partial charge >= 0.3 is 5.89 Å². The van der Waals surface area contributed by atoms with Gasteiger partial charge in [-0.3, -0.25) is 9.59 Å². The van der Waals surface area contributed by atoms with Crippen LogP contribution >= 0.6 is 0 Å². The van der Waals surface area contributed by atoms with Crippen molar-refractivity contribution in [3.8, 4) is 0 Å². The zero-order valence-electron chi connectivity index (χ0n) is 42.5. The Labute approximate surface area is 402 Å². The fraction of sp³-hybridized carbons (Fsp3) is 0.650. The number of carbonyl (C=O) groups is 2. The number of hydrogen-bond acceptors (Lipinski definition) is 4. The Morgan fingerprint density at radius 3 is 1.52 bits per heavy atom. The Balaban J connectivity index is 1.12. The van der Waals surface area contributed by atoms with Gasteiger partial charge < -0.3 is 9.32 Å². The molecule has 2 aliphatic heterocycles. The minimum Gasteiger partial charge on any atom is -0.398 e. The summed E-state index contributed by atoms with van der Waals surface area (Å²) in [6.45, 7) is 11.0. The molecule has 6 nitrogen and oxygen atoms in total. The molecule has 1 aromatic heterocycles. The molecule has 364 valence electrons. The first kappa shape index (κ1) is 53.0. The van der Waals surface area contributed by atoms with E-state index in [0.717, 1.165) is 48.5 Å². The molecule has 0 fully saturated rings. The first-order chi connectivity index (χ1) is 32.4. The molecule has 0 atom stereocenters. The normalized spacial score (nSPS) is 15.2. The Hall–Kier alpha value is -3.93. The number of aryl methyl sites for hydroxylation is 1. The van der Waals surface area contributed by atoms with Crippen molar-refractivity contribution in [1.29, 1.82) is 0 Å². The summed E-state index contributed by atoms with van der Waals surface area (Å²) in [4.78, 5) is 29.2. The molecular weight excluding hydrogens is 811 g/mol. The van der Waals surface area contributed by atoms with E-state index in [-0.39, 0.29) is 17.2 Å². The highest BCUT2D eigenvalue weighted by Crippen LogP contribution is 2.49. The van der Waals surface area contributed by atoms with E-state index in [2.05, 4.69) is 91.8 Å². The highest BCUT2D eigenvalue weighted by molar-refractivity contribution is 6.28. The summed E-state index contributed by atoms with van der Waals surface area (Å²) < 4.78 is 8.86. The summed E-state index contributed by atoms with van der Waals surface area (Å²) in [5.74, 6) is 0.323. The van der Waals surface area contributed by atoms with Crippen molar-refractivity contribution in [2.24, 2.45) is 0 Å². The van der Waals surface area contributed by atoms with E-state index in [4.69, 9.17) is 4.42 Å². The van der Waals surface area contributed by atoms with E-state index >= 15 is 0 Å². The van der Waals surface area contributed by atoms with Crippen molar-refractivity contribution in [3.05, 3.63) is 83.9 Å². The largest absolute Gasteiger partial charge is 0.398 e. The monoisotopic (exact) mass is 903 g/mol. The van der Waals surface area contributed by atoms with Gasteiger partial charge in [-0.15, -0.1) is 0 Å². The zero-order valence-corrected chi connectivity index (χ0v) is 42.5. The fourth-order valence-electron chi connectivity index (χ4n) is 10.5. The van der Waals surface area contributed by atoms with E-state index in [0.29, 0.717) is 5.69 Å². The molecule has 0 spiro atoms. The topological polar surface area (TPSA) is 57.6 Å². The van der Waals surface area contributed by atoms with Crippen LogP contribution in [0.4, 0.5) is 11.4 Å². The van der Waals surface area contributed by atoms with Crippen LogP contribution in [0.15, 0.2) is 76.9 Å². The number of para-hydroxylation sites is 2. The lowest BCUT2D eigenvalue weighted by Gasteiger charge is -2.27. The molecule has 2 aliphatic rings. The average Bonchev–Trinajstić information content (AvgIpc) is 3.92. The molecule has 66 heavy (non-hydrogen) atoms. The number of allylic oxidation sites excluding steroid dienone is 3. The summed E-state index contributed by atoms with van der Waals surface area (Å²) in [5.41, 5.74) is 5.92. The van der Waals surface area contributed by atoms with Gasteiger partial charge in [0.2, 0.25) is 5.58 Å². The number of unbranched alkanes of at least 4 members (excludes halogenated alkanes) is 30. The molecule has 0 aliphatic carbocycles. The molecule has 2 aromatic carbocycles. The third-order valence-electron chi connectivity index (χ3n) is 14.5. The van der Waals surface area contributed by atoms with Crippen molar-refractivity contribution >= 4 is 40.4 Å². The lowest BCUT2D eigenvalue weighted by Crippen LogP contribution is -2.35. The predicted octanol–water partition coefficient (Wildman–Crippen LogP) is 17.4. The van der Waals surface area contributed by atoms with Crippen LogP contribution in [-0.2, 0) is 21.5 Å². The number of imide groups is 1. The van der Waals surface area contributed by atoms with Crippen LogP contribution in [-0.4, -0.2) is 18.4 Å². The van der Waals surface area contributed by atoms with Crippen molar-refractivity contribution in [2.75, 3.05) is 16.3 Å². The minimum atomic E-state index is -0.332. The number of rotatable bonds is 37. The smallest absolute Gasteiger partial charge is 0.374 e. The Morgan fingerprint density at radius 2 is 1.02 bits per heavy atom. The third kappa shape index (κ3) is 17.0. The average molecular weight is 903 g/mol. The molecule has 0 unspecified atom stereocenters. The number of nitrogens with zero attached hydrogens (tertiary/aromatic N) is 3. The van der Waals surface area contributed by atoms with Gasteiger partial charge in [-0.2, -0.15) is 4.57 Å². The second-order valence-corrected chi connectivity index (χ2v) is 20.4. The molecule has 0 bridgehead atoms. The summed E-state index contributed by atoms with van der Waals surface area (Å²) in [7, 11) is 0. The summed E-state index contributed by atoms with van der Waals surface area (Å²) in [6.07, 6.45) is 52.9. The SMILES string of the molecule is CCCCCCCCCCCCCCCCCCN1/C(=C/C=C/c2oc3ccccc3[n+]2CCCCCCCCCCCCCCCCCC)C(C)(C)c2cc(N3C(=O)C=CC3=O)ccc21. The van der Waals surface area contributed by atoms with Crippen molar-refractivity contribution in [1.82, 2.24) is 0 Å². The van der Waals surface area contributed by atoms with Gasteiger partial charge in [0.1, 0.15) is 0 Å². The van der Waals surface area contributed by atoms with Crippen molar-refractivity contribution in [3.63, 3.8) is 0 Å². The van der Waals surface area contributed by atoms with Gasteiger partial charge in [0.25, 0.3) is 17.3 Å². The fourth-order valence-corrected chi connectivity index (χ4v) is 10.5. The third-order valence-corrected chi connectivity index (χ3v) is 14.5. The summed E-state index contributed by atoms with van der Waals surface area (Å²) >= 11 is 0. The lowest BCUT2D eigenvalue weighted by atomic mass is 9.83. The van der Waals surface area contributed by atoms with Gasteiger partial charge in [0, 0.05) is 48.0 Å². The van der Waals surface area contributed by atoms with Gasteiger partial charge in [0.15, 0.2) is 6.54 Å². The van der Waals surface area contributed by atoms with Crippen LogP contribution in [0.2, 0.25) is 0 Å². The van der Waals surface area contributed by atoms with E-state index in [9.17, 15) is 9.59 Å². The molecular formula is C60H92N3O3+. The van der Waals surface area contributed by atoms with Gasteiger partial charge in [-0.1, -0.05) is 232 Å². The molecule has 0 saturated carbocycles. The predicted molar refractivity (Wildman–Crippen MR) is 281 cm³/mol. The number of fused-ring (bicyclic) bond motifs is 2. The maximum absolute atomic E-state index is 12.7. The molecule has 6 heteroatoms. The molecule has 2 amide bonds. The number of aromatic nitrogens is 1. The van der Waals surface area contributed by atoms with Crippen molar-refractivity contribution in [2.45, 2.75) is 245 Å². The molecule has 0 saturated heterocycles. The van der Waals surface area contributed by atoms with Crippen LogP contribution in [0.5, 0.6) is 0 Å². The van der Waals surface area contributed by atoms with Crippen molar-refractivity contribution < 1.29 is 18.6 Å². The number of amides is 2. The second-order valence-electron chi connectivity index (χ2n) is 20.4. The standard InChI is InChI=1S/C60H92N3O3/c1-5-7-9-11-13-15-17-19-21-23-25-27-29-31-33-37-48-61-53-45-44-51(63-57(64)46-47-58(63)65)50-52(53)60(3,4)56(61)42-39-43-59-62(54-40-35-36-41-55(54)66-59)49-38-34-32-30-28-26-24-22-20-18-16-14-12-10-8-6-2/h35-36,39-47,50H,5-34,37-38,48-49H2,1-4H3/q+1. The molecule has 0 N–H and O–H groups in total. The number of carbonyl (C=O) groups excluding carboxylic acids is 2. The van der Waals surface area contributed by atoms with Crippen LogP contribution < -0.4 is 14.4 Å². The van der Waals surface area contributed by atoms with E-state index in [1.165, 1.54) is 221 Å². The van der Waals surface area contributed by atoms with Crippen LogP contribution in [0.1, 0.15) is 245 Å². The summed E-state index contributed by atoms with van der Waals surface area (Å²) in [6, 6.07) is 14.5. The van der Waals surface area contributed by atoms with Gasteiger partial charge in [-0.25, -0.2) is 4.90 Å². The highest BCUT2D eigenvalue weighted by Gasteiger charge is 2.41. The summed E-state index contributed by atoms with van der Waals surface area (Å²) in [5, 5.41) is 0.